The number of hydrogen-bond acceptors (Lipinski definition) is 4. The van der Waals surface area contributed by atoms with Gasteiger partial charge in [0, 0.05) is 23.4 Å². The minimum Gasteiger partial charge on any atom is -0.463 e. The summed E-state index contributed by atoms with van der Waals surface area (Å²) in [5, 5.41) is 0. The highest BCUT2D eigenvalue weighted by atomic mass is 32.2. The fourth-order valence-electron chi connectivity index (χ4n) is 1.93. The standard InChI is InChI=1S/C18H19NO2S/c1-22-17-7-4-16(5-8-17)6-9-18(20)21-14-2-3-15-10-12-19-13-11-15/h4-13H,2-3,14H2,1H3/b9-6+. The fraction of sp³-hybridized carbons (Fsp3) is 0.222. The quantitative estimate of drug-likeness (QED) is 0.335. The van der Waals surface area contributed by atoms with E-state index in [2.05, 4.69) is 4.98 Å². The van der Waals surface area contributed by atoms with Gasteiger partial charge in [-0.25, -0.2) is 4.79 Å². The monoisotopic (exact) mass is 313 g/mol. The van der Waals surface area contributed by atoms with E-state index in [0.29, 0.717) is 6.61 Å². The van der Waals surface area contributed by atoms with E-state index < -0.39 is 0 Å². The van der Waals surface area contributed by atoms with Crippen molar-refractivity contribution in [2.45, 2.75) is 17.7 Å². The normalized spacial score (nSPS) is 10.8. The number of rotatable bonds is 7. The number of hydrogen-bond donors (Lipinski definition) is 0. The van der Waals surface area contributed by atoms with E-state index in [1.807, 2.05) is 42.7 Å². The Balaban J connectivity index is 1.69. The molecule has 0 unspecified atom stereocenters. The van der Waals surface area contributed by atoms with Crippen molar-refractivity contribution in [3.63, 3.8) is 0 Å². The number of thioether (sulfide) groups is 1. The van der Waals surface area contributed by atoms with Crippen molar-refractivity contribution in [2.24, 2.45) is 0 Å². The van der Waals surface area contributed by atoms with Crippen molar-refractivity contribution >= 4 is 23.8 Å². The van der Waals surface area contributed by atoms with Crippen LogP contribution in [0.5, 0.6) is 0 Å². The summed E-state index contributed by atoms with van der Waals surface area (Å²) in [6, 6.07) is 12.0. The molecule has 2 aromatic rings. The van der Waals surface area contributed by atoms with Crippen LogP contribution in [0.15, 0.2) is 59.8 Å². The van der Waals surface area contributed by atoms with Crippen LogP contribution < -0.4 is 0 Å². The maximum absolute atomic E-state index is 11.6. The second-order valence-electron chi connectivity index (χ2n) is 4.73. The summed E-state index contributed by atoms with van der Waals surface area (Å²) >= 11 is 1.69. The lowest BCUT2D eigenvalue weighted by Crippen LogP contribution is -2.03. The Morgan fingerprint density at radius 2 is 1.91 bits per heavy atom. The molecule has 0 N–H and O–H groups in total. The first kappa shape index (κ1) is 16.3. The summed E-state index contributed by atoms with van der Waals surface area (Å²) < 4.78 is 5.18. The number of pyridine rings is 1. The van der Waals surface area contributed by atoms with Gasteiger partial charge in [0.1, 0.15) is 0 Å². The Hall–Kier alpha value is -2.07. The molecule has 22 heavy (non-hydrogen) atoms. The molecule has 1 heterocycles. The molecule has 0 radical (unpaired) electrons. The van der Waals surface area contributed by atoms with Crippen LogP contribution in [0.1, 0.15) is 17.5 Å². The first-order chi connectivity index (χ1) is 10.8. The van der Waals surface area contributed by atoms with E-state index >= 15 is 0 Å². The van der Waals surface area contributed by atoms with Crippen LogP contribution in [0.25, 0.3) is 6.08 Å². The van der Waals surface area contributed by atoms with Crippen molar-refractivity contribution < 1.29 is 9.53 Å². The van der Waals surface area contributed by atoms with Gasteiger partial charge in [0.2, 0.25) is 0 Å². The Morgan fingerprint density at radius 1 is 1.18 bits per heavy atom. The average molecular weight is 313 g/mol. The number of aromatic nitrogens is 1. The van der Waals surface area contributed by atoms with Crippen LogP contribution in [0, 0.1) is 0 Å². The van der Waals surface area contributed by atoms with Gasteiger partial charge < -0.3 is 4.74 Å². The zero-order chi connectivity index (χ0) is 15.6. The Bertz CT molecular complexity index is 609. The van der Waals surface area contributed by atoms with Gasteiger partial charge in [-0.05, 0) is 60.6 Å². The van der Waals surface area contributed by atoms with Crippen LogP contribution in [-0.2, 0) is 16.0 Å². The van der Waals surface area contributed by atoms with E-state index in [1.165, 1.54) is 16.5 Å². The predicted octanol–water partition coefficient (Wildman–Crippen LogP) is 3.99. The smallest absolute Gasteiger partial charge is 0.330 e. The molecular formula is C18H19NO2S. The molecule has 0 saturated carbocycles. The molecule has 0 aliphatic heterocycles. The largest absolute Gasteiger partial charge is 0.463 e. The van der Waals surface area contributed by atoms with Crippen LogP contribution in [0.3, 0.4) is 0 Å². The van der Waals surface area contributed by atoms with E-state index in [-0.39, 0.29) is 5.97 Å². The Kier molecular flexibility index (Phi) is 6.71. The molecule has 0 aliphatic carbocycles. The van der Waals surface area contributed by atoms with Gasteiger partial charge in [0.15, 0.2) is 0 Å². The number of nitrogens with zero attached hydrogens (tertiary/aromatic N) is 1. The number of benzene rings is 1. The summed E-state index contributed by atoms with van der Waals surface area (Å²) in [4.78, 5) is 16.8. The molecule has 114 valence electrons. The van der Waals surface area contributed by atoms with Gasteiger partial charge >= 0.3 is 5.97 Å². The summed E-state index contributed by atoms with van der Waals surface area (Å²) in [5.74, 6) is -0.302. The zero-order valence-electron chi connectivity index (χ0n) is 12.6. The van der Waals surface area contributed by atoms with E-state index in [1.54, 1.807) is 30.2 Å². The average Bonchev–Trinajstić information content (AvgIpc) is 2.58. The van der Waals surface area contributed by atoms with Gasteiger partial charge in [-0.1, -0.05) is 12.1 Å². The van der Waals surface area contributed by atoms with Gasteiger partial charge in [0.05, 0.1) is 6.61 Å². The molecule has 1 aromatic heterocycles. The van der Waals surface area contributed by atoms with Crippen molar-refractivity contribution in [3.8, 4) is 0 Å². The molecular weight excluding hydrogens is 294 g/mol. The molecule has 0 amide bonds. The maximum Gasteiger partial charge on any atom is 0.330 e. The third kappa shape index (κ3) is 5.74. The zero-order valence-corrected chi connectivity index (χ0v) is 13.4. The predicted molar refractivity (Wildman–Crippen MR) is 90.8 cm³/mol. The highest BCUT2D eigenvalue weighted by Gasteiger charge is 1.98. The van der Waals surface area contributed by atoms with Crippen molar-refractivity contribution in [3.05, 3.63) is 66.0 Å². The SMILES string of the molecule is CSc1ccc(/C=C/C(=O)OCCCc2ccncc2)cc1. The summed E-state index contributed by atoms with van der Waals surface area (Å²) in [5.41, 5.74) is 2.20. The molecule has 0 atom stereocenters. The van der Waals surface area contributed by atoms with E-state index in [4.69, 9.17) is 4.74 Å². The maximum atomic E-state index is 11.6. The molecule has 0 aliphatic rings. The molecule has 0 bridgehead atoms. The van der Waals surface area contributed by atoms with Crippen molar-refractivity contribution in [1.82, 2.24) is 4.98 Å². The lowest BCUT2D eigenvalue weighted by atomic mass is 10.1. The van der Waals surface area contributed by atoms with Crippen LogP contribution in [-0.4, -0.2) is 23.8 Å². The van der Waals surface area contributed by atoms with Gasteiger partial charge in [0.25, 0.3) is 0 Å². The minimum absolute atomic E-state index is 0.302. The molecule has 0 fully saturated rings. The number of carbonyl (C=O) groups excluding carboxylic acids is 1. The third-order valence-electron chi connectivity index (χ3n) is 3.13. The second-order valence-corrected chi connectivity index (χ2v) is 5.61. The first-order valence-corrected chi connectivity index (χ1v) is 8.38. The Labute approximate surface area is 135 Å². The van der Waals surface area contributed by atoms with Gasteiger partial charge in [-0.3, -0.25) is 4.98 Å². The third-order valence-corrected chi connectivity index (χ3v) is 3.87. The number of esters is 1. The van der Waals surface area contributed by atoms with Crippen molar-refractivity contribution in [2.75, 3.05) is 12.9 Å². The van der Waals surface area contributed by atoms with Crippen LogP contribution in [0.2, 0.25) is 0 Å². The lowest BCUT2D eigenvalue weighted by Gasteiger charge is -2.02. The number of carbonyl (C=O) groups is 1. The van der Waals surface area contributed by atoms with Crippen LogP contribution in [0.4, 0.5) is 0 Å². The molecule has 1 aromatic carbocycles. The molecule has 4 heteroatoms. The van der Waals surface area contributed by atoms with Gasteiger partial charge in [-0.2, -0.15) is 0 Å². The molecule has 0 saturated heterocycles. The Morgan fingerprint density at radius 3 is 2.59 bits per heavy atom. The van der Waals surface area contributed by atoms with Gasteiger partial charge in [-0.15, -0.1) is 11.8 Å². The van der Waals surface area contributed by atoms with E-state index in [9.17, 15) is 4.79 Å². The number of aryl methyl sites for hydroxylation is 1. The second kappa shape index (κ2) is 9.05. The lowest BCUT2D eigenvalue weighted by molar-refractivity contribution is -0.137. The summed E-state index contributed by atoms with van der Waals surface area (Å²) in [6.07, 6.45) is 10.5. The highest BCUT2D eigenvalue weighted by Crippen LogP contribution is 2.15. The molecule has 3 nitrogen and oxygen atoms in total. The fourth-order valence-corrected chi connectivity index (χ4v) is 2.33. The molecule has 2 rings (SSSR count). The van der Waals surface area contributed by atoms with E-state index in [0.717, 1.165) is 18.4 Å². The summed E-state index contributed by atoms with van der Waals surface area (Å²) in [6.45, 7) is 0.427. The first-order valence-electron chi connectivity index (χ1n) is 7.16. The van der Waals surface area contributed by atoms with Crippen molar-refractivity contribution in [1.29, 1.82) is 0 Å². The summed E-state index contributed by atoms with van der Waals surface area (Å²) in [7, 11) is 0. The van der Waals surface area contributed by atoms with Crippen LogP contribution >= 0.6 is 11.8 Å². The highest BCUT2D eigenvalue weighted by molar-refractivity contribution is 7.98. The minimum atomic E-state index is -0.302. The number of ether oxygens (including phenoxy) is 1. The molecule has 0 spiro atoms. The topological polar surface area (TPSA) is 39.2 Å².